The van der Waals surface area contributed by atoms with Crippen LogP contribution >= 0.6 is 11.6 Å². The summed E-state index contributed by atoms with van der Waals surface area (Å²) in [5.74, 6) is -0.387. The van der Waals surface area contributed by atoms with Crippen LogP contribution in [0.5, 0.6) is 0 Å². The summed E-state index contributed by atoms with van der Waals surface area (Å²) in [6.45, 7) is 11.9. The van der Waals surface area contributed by atoms with E-state index in [-0.39, 0.29) is 5.82 Å². The second-order valence-corrected chi connectivity index (χ2v) is 9.86. The molecule has 5 rings (SSSR count). The number of imidazole rings is 1. The van der Waals surface area contributed by atoms with E-state index in [0.29, 0.717) is 39.8 Å². The molecule has 36 heavy (non-hydrogen) atoms. The fourth-order valence-electron chi connectivity index (χ4n) is 5.25. The van der Waals surface area contributed by atoms with Gasteiger partial charge in [0, 0.05) is 48.8 Å². The molecule has 7 nitrogen and oxygen atoms in total. The van der Waals surface area contributed by atoms with Crippen molar-refractivity contribution in [1.82, 2.24) is 29.7 Å². The number of hydrogen-bond acceptors (Lipinski definition) is 6. The van der Waals surface area contributed by atoms with E-state index in [0.717, 1.165) is 49.4 Å². The van der Waals surface area contributed by atoms with Crippen LogP contribution in [0.2, 0.25) is 5.02 Å². The number of piperazine rings is 1. The third kappa shape index (κ3) is 5.07. The van der Waals surface area contributed by atoms with Gasteiger partial charge >= 0.3 is 0 Å². The second-order valence-electron chi connectivity index (χ2n) is 9.42. The van der Waals surface area contributed by atoms with Gasteiger partial charge in [-0.05, 0) is 56.8 Å². The number of H-pyrrole nitrogens is 1. The van der Waals surface area contributed by atoms with Crippen molar-refractivity contribution in [2.75, 3.05) is 38.0 Å². The highest BCUT2D eigenvalue weighted by molar-refractivity contribution is 6.30. The number of aromatic nitrogens is 4. The van der Waals surface area contributed by atoms with Crippen molar-refractivity contribution in [2.24, 2.45) is 0 Å². The van der Waals surface area contributed by atoms with E-state index in [2.05, 4.69) is 50.8 Å². The molecule has 0 radical (unpaired) electrons. The minimum atomic E-state index is -0.387. The monoisotopic (exact) mass is 507 g/mol. The molecule has 3 aromatic heterocycles. The van der Waals surface area contributed by atoms with Crippen LogP contribution in [0.4, 0.5) is 10.1 Å². The molecule has 0 saturated carbocycles. The smallest absolute Gasteiger partial charge is 0.132 e. The van der Waals surface area contributed by atoms with Gasteiger partial charge < -0.3 is 10.3 Å². The number of nitrogens with one attached hydrogen (secondary N) is 2. The van der Waals surface area contributed by atoms with Crippen molar-refractivity contribution in [3.63, 3.8) is 0 Å². The molecular weight excluding hydrogens is 477 g/mol. The Labute approximate surface area is 215 Å². The highest BCUT2D eigenvalue weighted by Crippen LogP contribution is 2.32. The lowest BCUT2D eigenvalue weighted by atomic mass is 10.1. The lowest BCUT2D eigenvalue weighted by molar-refractivity contribution is 0.0455. The molecule has 0 bridgehead atoms. The van der Waals surface area contributed by atoms with Crippen LogP contribution in [0.3, 0.4) is 0 Å². The summed E-state index contributed by atoms with van der Waals surface area (Å²) < 4.78 is 14.5. The molecule has 0 amide bonds. The van der Waals surface area contributed by atoms with Gasteiger partial charge in [-0.25, -0.2) is 14.4 Å². The highest BCUT2D eigenvalue weighted by Gasteiger charge is 2.27. The summed E-state index contributed by atoms with van der Waals surface area (Å²) >= 11 is 6.11. The Morgan fingerprint density at radius 1 is 1.08 bits per heavy atom. The van der Waals surface area contributed by atoms with Gasteiger partial charge in [0.25, 0.3) is 0 Å². The quantitative estimate of drug-likeness (QED) is 0.353. The lowest BCUT2D eigenvalue weighted by Gasteiger charge is -2.44. The fourth-order valence-corrected chi connectivity index (χ4v) is 5.42. The maximum Gasteiger partial charge on any atom is 0.132 e. The van der Waals surface area contributed by atoms with E-state index < -0.39 is 0 Å². The van der Waals surface area contributed by atoms with Crippen LogP contribution in [-0.4, -0.2) is 74.5 Å². The van der Waals surface area contributed by atoms with E-state index >= 15 is 0 Å². The van der Waals surface area contributed by atoms with Crippen LogP contribution in [0.25, 0.3) is 33.7 Å². The van der Waals surface area contributed by atoms with E-state index in [1.807, 2.05) is 24.4 Å². The molecule has 4 aromatic rings. The van der Waals surface area contributed by atoms with Crippen molar-refractivity contribution < 1.29 is 4.39 Å². The third-order valence-electron chi connectivity index (χ3n) is 6.92. The summed E-state index contributed by atoms with van der Waals surface area (Å²) in [6.07, 6.45) is 3.38. The third-order valence-corrected chi connectivity index (χ3v) is 7.15. The van der Waals surface area contributed by atoms with Crippen LogP contribution in [-0.2, 0) is 0 Å². The Morgan fingerprint density at radius 2 is 1.89 bits per heavy atom. The summed E-state index contributed by atoms with van der Waals surface area (Å²) in [6, 6.07) is 11.3. The molecule has 188 valence electrons. The molecule has 1 saturated heterocycles. The van der Waals surface area contributed by atoms with Crippen molar-refractivity contribution in [3.05, 3.63) is 59.8 Å². The van der Waals surface area contributed by atoms with Gasteiger partial charge in [-0.3, -0.25) is 14.8 Å². The molecule has 1 fully saturated rings. The van der Waals surface area contributed by atoms with Gasteiger partial charge in [0.1, 0.15) is 11.5 Å². The SMILES string of the molecule is CCN1[C@H](C)CN(CCNc2cnc3ccc(-c4[nH]cnc4-c4cc(Cl)ccc4F)nc3c2)C[C@@H]1C. The number of benzene rings is 1. The second kappa shape index (κ2) is 10.5. The molecule has 9 heteroatoms. The number of aromatic amines is 1. The Kier molecular flexibility index (Phi) is 7.18. The van der Waals surface area contributed by atoms with Crippen LogP contribution in [0.1, 0.15) is 20.8 Å². The first-order valence-corrected chi connectivity index (χ1v) is 12.8. The maximum atomic E-state index is 14.5. The molecule has 4 heterocycles. The molecule has 1 aromatic carbocycles. The Morgan fingerprint density at radius 3 is 2.67 bits per heavy atom. The Bertz CT molecular complexity index is 1350. The van der Waals surface area contributed by atoms with Gasteiger partial charge in [-0.15, -0.1) is 0 Å². The standard InChI is InChI=1S/C27H31ClFN7/c1-4-36-17(2)14-35(15-18(36)3)10-9-30-20-12-25-23(31-13-20)7-8-24(34-25)27-26(32-16-33-27)21-11-19(28)5-6-22(21)29/h5-8,11-13,16-18,30H,4,9-10,14-15H2,1-3H3,(H,32,33)/t17-,18+. The predicted molar refractivity (Wildman–Crippen MR) is 144 cm³/mol. The molecule has 0 unspecified atom stereocenters. The summed E-state index contributed by atoms with van der Waals surface area (Å²) in [5.41, 5.74) is 4.55. The molecule has 1 aliphatic heterocycles. The summed E-state index contributed by atoms with van der Waals surface area (Å²) in [4.78, 5) is 21.9. The number of hydrogen-bond donors (Lipinski definition) is 2. The van der Waals surface area contributed by atoms with Crippen LogP contribution in [0, 0.1) is 5.82 Å². The lowest BCUT2D eigenvalue weighted by Crippen LogP contribution is -2.57. The Hall–Kier alpha value is -3.07. The zero-order valence-corrected chi connectivity index (χ0v) is 21.6. The van der Waals surface area contributed by atoms with Gasteiger partial charge in [-0.2, -0.15) is 0 Å². The largest absolute Gasteiger partial charge is 0.382 e. The zero-order chi connectivity index (χ0) is 25.2. The summed E-state index contributed by atoms with van der Waals surface area (Å²) in [5, 5.41) is 3.95. The van der Waals surface area contributed by atoms with Crippen molar-refractivity contribution in [1.29, 1.82) is 0 Å². The minimum Gasteiger partial charge on any atom is -0.382 e. The predicted octanol–water partition coefficient (Wildman–Crippen LogP) is 5.31. The topological polar surface area (TPSA) is 73.0 Å². The molecule has 0 aliphatic carbocycles. The van der Waals surface area contributed by atoms with Gasteiger partial charge in [-0.1, -0.05) is 18.5 Å². The van der Waals surface area contributed by atoms with Crippen molar-refractivity contribution in [3.8, 4) is 22.6 Å². The van der Waals surface area contributed by atoms with Crippen molar-refractivity contribution >= 4 is 28.3 Å². The van der Waals surface area contributed by atoms with Crippen LogP contribution in [0.15, 0.2) is 48.9 Å². The molecule has 0 spiro atoms. The first kappa shape index (κ1) is 24.6. The average molecular weight is 508 g/mol. The highest BCUT2D eigenvalue weighted by atomic mass is 35.5. The van der Waals surface area contributed by atoms with Gasteiger partial charge in [0.15, 0.2) is 0 Å². The number of fused-ring (bicyclic) bond motifs is 1. The van der Waals surface area contributed by atoms with Gasteiger partial charge in [0.05, 0.1) is 40.6 Å². The molecule has 2 N–H and O–H groups in total. The van der Waals surface area contributed by atoms with Crippen molar-refractivity contribution in [2.45, 2.75) is 32.9 Å². The number of likely N-dealkylation sites (N-methyl/N-ethyl adjacent to an activating group) is 1. The average Bonchev–Trinajstić information content (AvgIpc) is 3.35. The number of anilines is 1. The molecule has 2 atom stereocenters. The number of halogens is 2. The van der Waals surface area contributed by atoms with Crippen LogP contribution < -0.4 is 5.32 Å². The van der Waals surface area contributed by atoms with E-state index in [4.69, 9.17) is 16.6 Å². The van der Waals surface area contributed by atoms with Gasteiger partial charge in [0.2, 0.25) is 0 Å². The molecular formula is C27H31ClFN7. The number of pyridine rings is 2. The summed E-state index contributed by atoms with van der Waals surface area (Å²) in [7, 11) is 0. The van der Waals surface area contributed by atoms with E-state index in [1.54, 1.807) is 6.07 Å². The zero-order valence-electron chi connectivity index (χ0n) is 20.8. The number of nitrogens with zero attached hydrogens (tertiary/aromatic N) is 5. The normalized spacial score (nSPS) is 19.1. The maximum absolute atomic E-state index is 14.5. The first-order valence-electron chi connectivity index (χ1n) is 12.4. The Balaban J connectivity index is 1.31. The fraction of sp³-hybridized carbons (Fsp3) is 0.370. The van der Waals surface area contributed by atoms with E-state index in [1.165, 1.54) is 18.5 Å². The minimum absolute atomic E-state index is 0.331. The van der Waals surface area contributed by atoms with E-state index in [9.17, 15) is 4.39 Å². The first-order chi connectivity index (χ1) is 17.4. The number of rotatable bonds is 7. The molecule has 1 aliphatic rings.